The number of para-hydroxylation sites is 1. The normalized spacial score (nSPS) is 30.1. The van der Waals surface area contributed by atoms with Gasteiger partial charge in [0, 0.05) is 11.8 Å². The Hall–Kier alpha value is -2.06. The van der Waals surface area contributed by atoms with Crippen LogP contribution >= 0.6 is 0 Å². The van der Waals surface area contributed by atoms with Crippen molar-refractivity contribution >= 4 is 5.69 Å². The van der Waals surface area contributed by atoms with E-state index in [-0.39, 0.29) is 22.3 Å². The van der Waals surface area contributed by atoms with Crippen molar-refractivity contribution in [2.75, 3.05) is 5.06 Å². The van der Waals surface area contributed by atoms with Gasteiger partial charge in [-0.3, -0.25) is 4.84 Å². The van der Waals surface area contributed by atoms with Gasteiger partial charge >= 0.3 is 0 Å². The van der Waals surface area contributed by atoms with E-state index in [9.17, 15) is 0 Å². The van der Waals surface area contributed by atoms with Crippen molar-refractivity contribution < 1.29 is 4.84 Å². The van der Waals surface area contributed by atoms with Crippen molar-refractivity contribution in [3.8, 4) is 0 Å². The largest absolute Gasteiger partial charge is 0.261 e. The lowest BCUT2D eigenvalue weighted by Gasteiger charge is -2.46. The molecule has 2 aromatic carbocycles. The van der Waals surface area contributed by atoms with Crippen molar-refractivity contribution in [3.05, 3.63) is 78.4 Å². The summed E-state index contributed by atoms with van der Waals surface area (Å²) in [6, 6.07) is 21.4. The Kier molecular flexibility index (Phi) is 4.11. The summed E-state index contributed by atoms with van der Waals surface area (Å²) in [5.41, 5.74) is 3.14. The number of rotatable bonds is 2. The molecule has 1 aliphatic carbocycles. The van der Waals surface area contributed by atoms with Crippen LogP contribution in [0.15, 0.2) is 72.8 Å². The van der Waals surface area contributed by atoms with Crippen LogP contribution < -0.4 is 5.06 Å². The Morgan fingerprint density at radius 3 is 1.86 bits per heavy atom. The van der Waals surface area contributed by atoms with Crippen LogP contribution in [0.25, 0.3) is 0 Å². The molecular weight excluding hydrogens is 342 g/mol. The van der Waals surface area contributed by atoms with Crippen LogP contribution in [-0.2, 0) is 4.84 Å². The molecule has 0 aromatic heterocycles. The second-order valence-electron chi connectivity index (χ2n) is 10.1. The summed E-state index contributed by atoms with van der Waals surface area (Å²) >= 11 is 0. The molecule has 2 nitrogen and oxygen atoms in total. The van der Waals surface area contributed by atoms with Gasteiger partial charge in [-0.15, -0.1) is 0 Å². The highest BCUT2D eigenvalue weighted by Crippen LogP contribution is 2.73. The lowest BCUT2D eigenvalue weighted by Crippen LogP contribution is -2.47. The molecular formula is C26H33NO. The standard InChI is InChI=1S/C26H33NO/c1-19-23(2,3)24(4,5)25(6,7)26(19)18-22(20-14-10-8-11-15-20)27(28-26)21-16-12-9-13-17-21/h8-17,22H,1,18H2,2-7H3/t22-,26-/m0/s1. The van der Waals surface area contributed by atoms with Crippen LogP contribution in [0.4, 0.5) is 5.69 Å². The van der Waals surface area contributed by atoms with Gasteiger partial charge in [0.1, 0.15) is 5.60 Å². The molecule has 28 heavy (non-hydrogen) atoms. The Morgan fingerprint density at radius 1 is 0.821 bits per heavy atom. The van der Waals surface area contributed by atoms with E-state index in [1.54, 1.807) is 0 Å². The van der Waals surface area contributed by atoms with Crippen molar-refractivity contribution in [1.82, 2.24) is 0 Å². The molecule has 148 valence electrons. The molecule has 1 saturated heterocycles. The monoisotopic (exact) mass is 375 g/mol. The third-order valence-corrected chi connectivity index (χ3v) is 8.59. The average Bonchev–Trinajstić information content (AvgIpc) is 3.13. The first-order valence-electron chi connectivity index (χ1n) is 10.3. The second kappa shape index (κ2) is 5.97. The second-order valence-corrected chi connectivity index (χ2v) is 10.1. The van der Waals surface area contributed by atoms with Crippen molar-refractivity contribution in [1.29, 1.82) is 0 Å². The van der Waals surface area contributed by atoms with Gasteiger partial charge in [-0.2, -0.15) is 0 Å². The summed E-state index contributed by atoms with van der Waals surface area (Å²) in [5, 5.41) is 2.14. The molecule has 0 amide bonds. The maximum absolute atomic E-state index is 7.00. The summed E-state index contributed by atoms with van der Waals surface area (Å²) in [4.78, 5) is 7.00. The van der Waals surface area contributed by atoms with Crippen LogP contribution in [0, 0.1) is 16.2 Å². The predicted octanol–water partition coefficient (Wildman–Crippen LogP) is 6.96. The van der Waals surface area contributed by atoms with E-state index in [2.05, 4.69) is 114 Å². The molecule has 1 aliphatic heterocycles. The summed E-state index contributed by atoms with van der Waals surface area (Å²) in [5.74, 6) is 0. The van der Waals surface area contributed by atoms with Crippen LogP contribution in [0.3, 0.4) is 0 Å². The zero-order valence-corrected chi connectivity index (χ0v) is 18.1. The zero-order chi connectivity index (χ0) is 20.4. The van der Waals surface area contributed by atoms with Crippen LogP contribution in [0.2, 0.25) is 0 Å². The average molecular weight is 376 g/mol. The molecule has 0 radical (unpaired) electrons. The van der Waals surface area contributed by atoms with Gasteiger partial charge in [-0.05, 0) is 34.1 Å². The number of hydroxylamine groups is 1. The quantitative estimate of drug-likeness (QED) is 0.526. The molecule has 2 aromatic rings. The third-order valence-electron chi connectivity index (χ3n) is 8.59. The van der Waals surface area contributed by atoms with Gasteiger partial charge < -0.3 is 0 Å². The molecule has 4 rings (SSSR count). The smallest absolute Gasteiger partial charge is 0.125 e. The topological polar surface area (TPSA) is 12.5 Å². The summed E-state index contributed by atoms with van der Waals surface area (Å²) in [7, 11) is 0. The molecule has 2 aliphatic rings. The van der Waals surface area contributed by atoms with Crippen LogP contribution in [-0.4, -0.2) is 5.60 Å². The van der Waals surface area contributed by atoms with E-state index < -0.39 is 5.60 Å². The van der Waals surface area contributed by atoms with Gasteiger partial charge in [0.25, 0.3) is 0 Å². The SMILES string of the molecule is C=C1C(C)(C)C(C)(C)C(C)(C)[C@]12C[C@@H](c1ccccc1)N(c1ccccc1)O2. The molecule has 0 N–H and O–H groups in total. The first-order valence-corrected chi connectivity index (χ1v) is 10.3. The zero-order valence-electron chi connectivity index (χ0n) is 18.1. The van der Waals surface area contributed by atoms with E-state index >= 15 is 0 Å². The van der Waals surface area contributed by atoms with Gasteiger partial charge in [-0.1, -0.05) is 96.7 Å². The first kappa shape index (κ1) is 19.3. The highest BCUT2D eigenvalue weighted by molar-refractivity contribution is 5.51. The minimum atomic E-state index is -0.406. The molecule has 1 saturated carbocycles. The lowest BCUT2D eigenvalue weighted by molar-refractivity contribution is -0.0931. The fraction of sp³-hybridized carbons (Fsp3) is 0.462. The van der Waals surface area contributed by atoms with E-state index in [1.807, 2.05) is 0 Å². The number of nitrogens with zero attached hydrogens (tertiary/aromatic N) is 1. The lowest BCUT2D eigenvalue weighted by atomic mass is 9.59. The molecule has 2 atom stereocenters. The number of anilines is 1. The van der Waals surface area contributed by atoms with Crippen molar-refractivity contribution in [3.63, 3.8) is 0 Å². The van der Waals surface area contributed by atoms with Crippen LogP contribution in [0.5, 0.6) is 0 Å². The van der Waals surface area contributed by atoms with Gasteiger partial charge in [0.15, 0.2) is 0 Å². The molecule has 0 bridgehead atoms. The third kappa shape index (κ3) is 2.24. The van der Waals surface area contributed by atoms with Crippen molar-refractivity contribution in [2.24, 2.45) is 16.2 Å². The van der Waals surface area contributed by atoms with E-state index in [4.69, 9.17) is 4.84 Å². The number of hydrogen-bond donors (Lipinski definition) is 0. The van der Waals surface area contributed by atoms with Crippen molar-refractivity contribution in [2.45, 2.75) is 59.6 Å². The maximum atomic E-state index is 7.00. The Balaban J connectivity index is 1.88. The highest BCUT2D eigenvalue weighted by atomic mass is 16.7. The molecule has 1 spiro atoms. The Labute approximate surface area is 170 Å². The Morgan fingerprint density at radius 2 is 1.36 bits per heavy atom. The Bertz CT molecular complexity index is 832. The summed E-state index contributed by atoms with van der Waals surface area (Å²) < 4.78 is 0. The summed E-state index contributed by atoms with van der Waals surface area (Å²) in [6.45, 7) is 18.8. The minimum absolute atomic E-state index is 0.0234. The fourth-order valence-corrected chi connectivity index (χ4v) is 5.45. The van der Waals surface area contributed by atoms with E-state index in [0.29, 0.717) is 0 Å². The molecule has 2 fully saturated rings. The van der Waals surface area contributed by atoms with Gasteiger partial charge in [0.2, 0.25) is 0 Å². The minimum Gasteiger partial charge on any atom is -0.261 e. The number of benzene rings is 2. The maximum Gasteiger partial charge on any atom is 0.125 e. The van der Waals surface area contributed by atoms with E-state index in [0.717, 1.165) is 12.1 Å². The van der Waals surface area contributed by atoms with E-state index in [1.165, 1.54) is 11.1 Å². The molecule has 1 heterocycles. The van der Waals surface area contributed by atoms with Crippen LogP contribution in [0.1, 0.15) is 59.6 Å². The van der Waals surface area contributed by atoms with Gasteiger partial charge in [0.05, 0.1) is 11.7 Å². The first-order chi connectivity index (χ1) is 13.1. The van der Waals surface area contributed by atoms with Gasteiger partial charge in [-0.25, -0.2) is 5.06 Å². The number of hydrogen-bond acceptors (Lipinski definition) is 2. The highest BCUT2D eigenvalue weighted by Gasteiger charge is 2.72. The summed E-state index contributed by atoms with van der Waals surface area (Å²) in [6.07, 6.45) is 0.907. The fourth-order valence-electron chi connectivity index (χ4n) is 5.45. The molecule has 0 unspecified atom stereocenters. The predicted molar refractivity (Wildman–Crippen MR) is 117 cm³/mol. The molecule has 2 heteroatoms.